The molecule has 2 aliphatic carbocycles. The summed E-state index contributed by atoms with van der Waals surface area (Å²) in [5.74, 6) is 1.95. The van der Waals surface area contributed by atoms with Crippen molar-refractivity contribution in [1.82, 2.24) is 9.97 Å². The Morgan fingerprint density at radius 2 is 1.75 bits per heavy atom. The number of hydrogen-bond acceptors (Lipinski definition) is 8. The van der Waals surface area contributed by atoms with Gasteiger partial charge < -0.3 is 18.4 Å². The van der Waals surface area contributed by atoms with E-state index in [-0.39, 0.29) is 0 Å². The number of aromatic nitrogens is 2. The lowest BCUT2D eigenvalue weighted by Crippen LogP contribution is -2.24. The van der Waals surface area contributed by atoms with Gasteiger partial charge in [0.25, 0.3) is 0 Å². The molecule has 28 heavy (non-hydrogen) atoms. The van der Waals surface area contributed by atoms with Crippen LogP contribution >= 0.6 is 0 Å². The summed E-state index contributed by atoms with van der Waals surface area (Å²) < 4.78 is 23.1. The molecule has 2 saturated carbocycles. The highest BCUT2D eigenvalue weighted by Crippen LogP contribution is 2.40. The maximum absolute atomic E-state index is 10.7. The van der Waals surface area contributed by atoms with E-state index in [0.717, 1.165) is 17.2 Å². The Morgan fingerprint density at radius 3 is 2.43 bits per heavy atom. The molecule has 0 atom stereocenters. The highest BCUT2D eigenvalue weighted by atomic mass is 32.2. The van der Waals surface area contributed by atoms with Crippen molar-refractivity contribution >= 4 is 34.0 Å². The summed E-state index contributed by atoms with van der Waals surface area (Å²) in [4.78, 5) is 9.35. The van der Waals surface area contributed by atoms with Gasteiger partial charge in [-0.25, -0.2) is 4.98 Å². The standard InChI is InChI=1S/C19H25N6O2S/c26-28(27)25-16-10-8-15(9-11-16)23-24-18-12-17(13-6-7-13)21-19(22-18)20-14-4-2-1-3-5-14/h8-14,23H,1-7H2,(H,25,26,27)(H2,20,21,22,24)/q-1. The van der Waals surface area contributed by atoms with Crippen LogP contribution in [0.3, 0.4) is 0 Å². The van der Waals surface area contributed by atoms with Crippen LogP contribution in [0.2, 0.25) is 0 Å². The van der Waals surface area contributed by atoms with E-state index in [1.54, 1.807) is 24.3 Å². The summed E-state index contributed by atoms with van der Waals surface area (Å²) in [6.45, 7) is 0. The third-order valence-corrected chi connectivity index (χ3v) is 5.43. The predicted molar refractivity (Wildman–Crippen MR) is 111 cm³/mol. The van der Waals surface area contributed by atoms with Gasteiger partial charge in [0.1, 0.15) is 5.82 Å². The number of hydrogen-bond donors (Lipinski definition) is 4. The van der Waals surface area contributed by atoms with Crippen LogP contribution in [-0.4, -0.2) is 20.6 Å². The molecule has 0 amide bonds. The first kappa shape index (κ1) is 18.9. The number of rotatable bonds is 7. The largest absolute Gasteiger partial charge is 0.454 e. The lowest BCUT2D eigenvalue weighted by Gasteiger charge is -2.23. The Hall–Kier alpha value is -2.39. The van der Waals surface area contributed by atoms with Gasteiger partial charge >= 0.3 is 0 Å². The number of hydrazine groups is 1. The fourth-order valence-electron chi connectivity index (χ4n) is 3.44. The van der Waals surface area contributed by atoms with Gasteiger partial charge in [0.2, 0.25) is 5.95 Å². The minimum atomic E-state index is -2.20. The number of nitrogens with zero attached hydrogens (tertiary/aromatic N) is 3. The van der Waals surface area contributed by atoms with E-state index in [1.807, 2.05) is 6.07 Å². The predicted octanol–water partition coefficient (Wildman–Crippen LogP) is 4.79. The molecular formula is C19H25N6O2S-. The summed E-state index contributed by atoms with van der Waals surface area (Å²) >= 11 is 0. The van der Waals surface area contributed by atoms with E-state index in [2.05, 4.69) is 25.5 Å². The van der Waals surface area contributed by atoms with Crippen LogP contribution in [0.25, 0.3) is 0 Å². The summed E-state index contributed by atoms with van der Waals surface area (Å²) in [5.41, 5.74) is 8.58. The number of benzene rings is 1. The molecule has 8 nitrogen and oxygen atoms in total. The molecule has 1 aromatic heterocycles. The SMILES string of the molecule is O=[S-](O)=Nc1ccc(NNc2cc(C3CC3)nc(NC3CCCCC3)n2)cc1. The molecule has 9 heteroatoms. The van der Waals surface area contributed by atoms with Crippen LogP contribution in [0.5, 0.6) is 0 Å². The Balaban J connectivity index is 1.44. The monoisotopic (exact) mass is 401 g/mol. The average Bonchev–Trinajstić information content (AvgIpc) is 3.53. The molecule has 0 unspecified atom stereocenters. The summed E-state index contributed by atoms with van der Waals surface area (Å²) in [6, 6.07) is 9.35. The van der Waals surface area contributed by atoms with E-state index < -0.39 is 10.9 Å². The van der Waals surface area contributed by atoms with Crippen molar-refractivity contribution in [2.75, 3.05) is 16.2 Å². The lowest BCUT2D eigenvalue weighted by atomic mass is 9.96. The minimum Gasteiger partial charge on any atom is -0.454 e. The van der Waals surface area contributed by atoms with Crippen LogP contribution in [0.15, 0.2) is 34.7 Å². The molecule has 4 rings (SSSR count). The summed E-state index contributed by atoms with van der Waals surface area (Å²) in [5, 5.41) is 3.51. The molecule has 2 aromatic rings. The number of anilines is 3. The Morgan fingerprint density at radius 1 is 1.00 bits per heavy atom. The van der Waals surface area contributed by atoms with E-state index >= 15 is 0 Å². The normalized spacial score (nSPS) is 18.6. The third kappa shape index (κ3) is 5.32. The van der Waals surface area contributed by atoms with Crippen molar-refractivity contribution in [3.8, 4) is 0 Å². The van der Waals surface area contributed by atoms with Gasteiger partial charge in [0.15, 0.2) is 0 Å². The Labute approximate surface area is 166 Å². The van der Waals surface area contributed by atoms with Crippen LogP contribution < -0.4 is 16.2 Å². The molecule has 0 spiro atoms. The van der Waals surface area contributed by atoms with Crippen molar-refractivity contribution in [3.63, 3.8) is 0 Å². The van der Waals surface area contributed by atoms with Crippen molar-refractivity contribution in [3.05, 3.63) is 36.0 Å². The molecule has 1 aromatic carbocycles. The van der Waals surface area contributed by atoms with Crippen LogP contribution in [0.1, 0.15) is 56.6 Å². The van der Waals surface area contributed by atoms with Gasteiger partial charge in [-0.2, -0.15) is 4.98 Å². The maximum Gasteiger partial charge on any atom is 0.225 e. The van der Waals surface area contributed by atoms with Crippen molar-refractivity contribution in [1.29, 1.82) is 0 Å². The molecule has 0 bridgehead atoms. The second-order valence-corrected chi connectivity index (χ2v) is 8.02. The Bertz CT molecular complexity index is 888. The minimum absolute atomic E-state index is 0.448. The first-order valence-corrected chi connectivity index (χ1v) is 10.8. The van der Waals surface area contributed by atoms with E-state index in [9.17, 15) is 4.21 Å². The van der Waals surface area contributed by atoms with Crippen molar-refractivity contribution in [2.24, 2.45) is 4.36 Å². The zero-order valence-electron chi connectivity index (χ0n) is 15.6. The van der Waals surface area contributed by atoms with Gasteiger partial charge in [0, 0.05) is 23.7 Å². The molecule has 0 saturated heterocycles. The zero-order valence-corrected chi connectivity index (χ0v) is 16.4. The van der Waals surface area contributed by atoms with Gasteiger partial charge in [0.05, 0.1) is 11.4 Å². The van der Waals surface area contributed by atoms with E-state index in [4.69, 9.17) is 9.54 Å². The Kier molecular flexibility index (Phi) is 5.92. The van der Waals surface area contributed by atoms with E-state index in [0.29, 0.717) is 23.6 Å². The summed E-state index contributed by atoms with van der Waals surface area (Å²) in [6.07, 6.45) is 8.56. The van der Waals surface area contributed by atoms with Crippen LogP contribution in [-0.2, 0) is 15.1 Å². The first-order valence-electron chi connectivity index (χ1n) is 9.76. The quantitative estimate of drug-likeness (QED) is 0.300. The van der Waals surface area contributed by atoms with Gasteiger partial charge in [-0.1, -0.05) is 30.1 Å². The highest BCUT2D eigenvalue weighted by Gasteiger charge is 2.26. The summed E-state index contributed by atoms with van der Waals surface area (Å²) in [7, 11) is -2.20. The first-order chi connectivity index (χ1) is 13.7. The fourth-order valence-corrected chi connectivity index (χ4v) is 3.75. The topological polar surface area (TPSA) is 112 Å². The highest BCUT2D eigenvalue weighted by molar-refractivity contribution is 7.68. The van der Waals surface area contributed by atoms with E-state index in [1.165, 1.54) is 44.9 Å². The zero-order chi connectivity index (χ0) is 19.3. The molecule has 0 aliphatic heterocycles. The van der Waals surface area contributed by atoms with Gasteiger partial charge in [-0.3, -0.25) is 10.9 Å². The molecule has 0 radical (unpaired) electrons. The smallest absolute Gasteiger partial charge is 0.225 e. The molecule has 2 fully saturated rings. The molecule has 150 valence electrons. The molecule has 4 N–H and O–H groups in total. The second-order valence-electron chi connectivity index (χ2n) is 7.37. The fraction of sp³-hybridized carbons (Fsp3) is 0.474. The number of nitrogens with one attached hydrogen (secondary N) is 3. The van der Waals surface area contributed by atoms with Gasteiger partial charge in [-0.05, 0) is 49.9 Å². The van der Waals surface area contributed by atoms with Crippen LogP contribution in [0.4, 0.5) is 23.1 Å². The van der Waals surface area contributed by atoms with Crippen molar-refractivity contribution in [2.45, 2.75) is 56.9 Å². The average molecular weight is 402 g/mol. The lowest BCUT2D eigenvalue weighted by molar-refractivity contribution is 0.460. The second kappa shape index (κ2) is 8.74. The maximum atomic E-state index is 10.7. The van der Waals surface area contributed by atoms with Crippen LogP contribution in [0, 0.1) is 0 Å². The van der Waals surface area contributed by atoms with Gasteiger partial charge in [-0.15, -0.1) is 0 Å². The van der Waals surface area contributed by atoms with Crippen molar-refractivity contribution < 1.29 is 8.76 Å². The molecule has 1 heterocycles. The third-order valence-electron chi connectivity index (χ3n) is 5.07. The molecule has 2 aliphatic rings. The molecular weight excluding hydrogens is 376 g/mol.